The Hall–Kier alpha value is -2.35. The number of carboxylic acid groups (broad SMARTS) is 1. The van der Waals surface area contributed by atoms with Crippen molar-refractivity contribution in [3.63, 3.8) is 0 Å². The SMILES string of the molecule is O=C1c2cc(F)c(F)cc2C(=O)N1C1(C(=O)O)CCOC1. The summed E-state index contributed by atoms with van der Waals surface area (Å²) < 4.78 is 31.5. The molecule has 1 fully saturated rings. The van der Waals surface area contributed by atoms with Gasteiger partial charge < -0.3 is 9.84 Å². The molecule has 0 aromatic heterocycles. The highest BCUT2D eigenvalue weighted by molar-refractivity contribution is 6.23. The molecular weight excluding hydrogens is 288 g/mol. The van der Waals surface area contributed by atoms with Gasteiger partial charge in [0.25, 0.3) is 11.8 Å². The molecular formula is C13H9F2NO5. The molecule has 0 spiro atoms. The fourth-order valence-electron chi connectivity index (χ4n) is 2.62. The van der Waals surface area contributed by atoms with Crippen molar-refractivity contribution >= 4 is 17.8 Å². The molecule has 3 rings (SSSR count). The minimum Gasteiger partial charge on any atom is -0.479 e. The van der Waals surface area contributed by atoms with Gasteiger partial charge in [0.1, 0.15) is 0 Å². The third-order valence-corrected chi connectivity index (χ3v) is 3.75. The van der Waals surface area contributed by atoms with Gasteiger partial charge in [-0.1, -0.05) is 0 Å². The summed E-state index contributed by atoms with van der Waals surface area (Å²) in [6, 6.07) is 1.21. The molecule has 0 saturated carbocycles. The Morgan fingerprint density at radius 3 is 2.10 bits per heavy atom. The molecule has 2 aliphatic rings. The van der Waals surface area contributed by atoms with Gasteiger partial charge in [0.15, 0.2) is 17.2 Å². The zero-order chi connectivity index (χ0) is 15.4. The Bertz CT molecular complexity index is 640. The minimum atomic E-state index is -1.83. The van der Waals surface area contributed by atoms with Gasteiger partial charge in [0, 0.05) is 13.0 Å². The van der Waals surface area contributed by atoms with E-state index in [9.17, 15) is 28.3 Å². The maximum absolute atomic E-state index is 13.2. The Morgan fingerprint density at radius 1 is 1.19 bits per heavy atom. The normalized spacial score (nSPS) is 24.6. The van der Waals surface area contributed by atoms with E-state index in [1.165, 1.54) is 0 Å². The first-order valence-corrected chi connectivity index (χ1v) is 6.07. The summed E-state index contributed by atoms with van der Waals surface area (Å²) in [5.74, 6) is -5.85. The number of carboxylic acids is 1. The number of nitrogens with zero attached hydrogens (tertiary/aromatic N) is 1. The summed E-state index contributed by atoms with van der Waals surface area (Å²) in [6.07, 6.45) is -0.0707. The number of benzene rings is 1. The number of hydrogen-bond acceptors (Lipinski definition) is 4. The van der Waals surface area contributed by atoms with E-state index < -0.39 is 35.0 Å². The summed E-state index contributed by atoms with van der Waals surface area (Å²) in [5.41, 5.74) is -2.52. The topological polar surface area (TPSA) is 83.9 Å². The van der Waals surface area contributed by atoms with Gasteiger partial charge in [-0.3, -0.25) is 14.5 Å². The van der Waals surface area contributed by atoms with Crippen molar-refractivity contribution in [3.05, 3.63) is 34.9 Å². The van der Waals surface area contributed by atoms with Crippen molar-refractivity contribution in [3.8, 4) is 0 Å². The summed E-state index contributed by atoms with van der Waals surface area (Å²) in [5, 5.41) is 9.37. The molecule has 1 N–H and O–H groups in total. The third kappa shape index (κ3) is 1.69. The molecule has 2 amide bonds. The maximum atomic E-state index is 13.2. The van der Waals surface area contributed by atoms with Gasteiger partial charge >= 0.3 is 5.97 Å². The number of hydrogen-bond donors (Lipinski definition) is 1. The van der Waals surface area contributed by atoms with Crippen LogP contribution in [0.3, 0.4) is 0 Å². The van der Waals surface area contributed by atoms with Gasteiger partial charge in [-0.15, -0.1) is 0 Å². The molecule has 0 bridgehead atoms. The van der Waals surface area contributed by atoms with Crippen LogP contribution in [0.1, 0.15) is 27.1 Å². The molecule has 8 heteroatoms. The number of imide groups is 1. The first-order chi connectivity index (χ1) is 9.88. The lowest BCUT2D eigenvalue weighted by molar-refractivity contribution is -0.148. The number of halogens is 2. The Balaban J connectivity index is 2.13. The number of rotatable bonds is 2. The number of fused-ring (bicyclic) bond motifs is 1. The summed E-state index contributed by atoms with van der Waals surface area (Å²) in [4.78, 5) is 36.6. The molecule has 1 aromatic carbocycles. The van der Waals surface area contributed by atoms with E-state index >= 15 is 0 Å². The van der Waals surface area contributed by atoms with E-state index in [1.54, 1.807) is 0 Å². The van der Waals surface area contributed by atoms with Crippen molar-refractivity contribution in [2.75, 3.05) is 13.2 Å². The lowest BCUT2D eigenvalue weighted by Crippen LogP contribution is -2.57. The van der Waals surface area contributed by atoms with E-state index in [1.807, 2.05) is 0 Å². The Kier molecular flexibility index (Phi) is 2.80. The molecule has 6 nitrogen and oxygen atoms in total. The van der Waals surface area contributed by atoms with E-state index in [2.05, 4.69) is 0 Å². The van der Waals surface area contributed by atoms with Gasteiger partial charge in [0.2, 0.25) is 0 Å². The molecule has 21 heavy (non-hydrogen) atoms. The number of amides is 2. The Labute approximate surface area is 116 Å². The highest BCUT2D eigenvalue weighted by atomic mass is 19.2. The van der Waals surface area contributed by atoms with Crippen molar-refractivity contribution < 1.29 is 33.0 Å². The van der Waals surface area contributed by atoms with Crippen LogP contribution in [0.4, 0.5) is 8.78 Å². The quantitative estimate of drug-likeness (QED) is 0.816. The first-order valence-electron chi connectivity index (χ1n) is 6.07. The van der Waals surface area contributed by atoms with Crippen molar-refractivity contribution in [2.24, 2.45) is 0 Å². The van der Waals surface area contributed by atoms with Crippen LogP contribution < -0.4 is 0 Å². The maximum Gasteiger partial charge on any atom is 0.332 e. The molecule has 2 aliphatic heterocycles. The highest BCUT2D eigenvalue weighted by Crippen LogP contribution is 2.35. The Morgan fingerprint density at radius 2 is 1.71 bits per heavy atom. The molecule has 1 atom stereocenters. The number of ether oxygens (including phenoxy) is 1. The number of aliphatic carboxylic acids is 1. The third-order valence-electron chi connectivity index (χ3n) is 3.75. The predicted octanol–water partition coefficient (Wildman–Crippen LogP) is 0.804. The van der Waals surface area contributed by atoms with E-state index in [4.69, 9.17) is 4.74 Å². The lowest BCUT2D eigenvalue weighted by Gasteiger charge is -2.31. The standard InChI is InChI=1S/C13H9F2NO5/c14-8-3-6-7(4-9(8)15)11(18)16(10(6)17)13(12(19)20)1-2-21-5-13/h3-4H,1-2,5H2,(H,19,20). The fourth-order valence-corrected chi connectivity index (χ4v) is 2.62. The largest absolute Gasteiger partial charge is 0.479 e. The van der Waals surface area contributed by atoms with E-state index in [0.29, 0.717) is 17.0 Å². The van der Waals surface area contributed by atoms with Gasteiger partial charge in [-0.25, -0.2) is 13.6 Å². The van der Waals surface area contributed by atoms with E-state index in [-0.39, 0.29) is 30.8 Å². The second-order valence-corrected chi connectivity index (χ2v) is 4.90. The van der Waals surface area contributed by atoms with Crippen LogP contribution >= 0.6 is 0 Å². The van der Waals surface area contributed by atoms with Crippen LogP contribution in [-0.4, -0.2) is 46.5 Å². The molecule has 1 saturated heterocycles. The first kappa shape index (κ1) is 13.6. The molecule has 2 heterocycles. The smallest absolute Gasteiger partial charge is 0.332 e. The summed E-state index contributed by atoms with van der Waals surface area (Å²) in [7, 11) is 0. The van der Waals surface area contributed by atoms with Gasteiger partial charge in [-0.05, 0) is 12.1 Å². The molecule has 0 aliphatic carbocycles. The van der Waals surface area contributed by atoms with Gasteiger partial charge in [0.05, 0.1) is 17.7 Å². The van der Waals surface area contributed by atoms with Crippen molar-refractivity contribution in [1.82, 2.24) is 4.90 Å². The van der Waals surface area contributed by atoms with Crippen LogP contribution in [-0.2, 0) is 9.53 Å². The zero-order valence-corrected chi connectivity index (χ0v) is 10.6. The molecule has 1 aromatic rings. The predicted molar refractivity (Wildman–Crippen MR) is 62.7 cm³/mol. The van der Waals surface area contributed by atoms with Crippen LogP contribution in [0.5, 0.6) is 0 Å². The highest BCUT2D eigenvalue weighted by Gasteiger charge is 2.56. The average molecular weight is 297 g/mol. The second-order valence-electron chi connectivity index (χ2n) is 4.90. The fraction of sp³-hybridized carbons (Fsp3) is 0.308. The van der Waals surface area contributed by atoms with Crippen molar-refractivity contribution in [2.45, 2.75) is 12.0 Å². The average Bonchev–Trinajstić information content (AvgIpc) is 2.99. The summed E-state index contributed by atoms with van der Waals surface area (Å²) >= 11 is 0. The van der Waals surface area contributed by atoms with Crippen LogP contribution in [0, 0.1) is 11.6 Å². The van der Waals surface area contributed by atoms with Crippen molar-refractivity contribution in [1.29, 1.82) is 0 Å². The molecule has 1 unspecified atom stereocenters. The molecule has 0 radical (unpaired) electrons. The molecule has 110 valence electrons. The minimum absolute atomic E-state index is 0.0707. The van der Waals surface area contributed by atoms with Gasteiger partial charge in [-0.2, -0.15) is 0 Å². The van der Waals surface area contributed by atoms with Crippen LogP contribution in [0.25, 0.3) is 0 Å². The zero-order valence-electron chi connectivity index (χ0n) is 10.6. The van der Waals surface area contributed by atoms with Crippen LogP contribution in [0.2, 0.25) is 0 Å². The van der Waals surface area contributed by atoms with E-state index in [0.717, 1.165) is 0 Å². The van der Waals surface area contributed by atoms with Crippen LogP contribution in [0.15, 0.2) is 12.1 Å². The second kappa shape index (κ2) is 4.32. The number of carbonyl (C=O) groups is 3. The monoisotopic (exact) mass is 297 g/mol. The summed E-state index contributed by atoms with van der Waals surface area (Å²) in [6.45, 7) is -0.277. The number of carbonyl (C=O) groups excluding carboxylic acids is 2. The lowest BCUT2D eigenvalue weighted by atomic mass is 9.96.